The van der Waals surface area contributed by atoms with Gasteiger partial charge in [0.15, 0.2) is 11.0 Å². The van der Waals surface area contributed by atoms with E-state index in [1.807, 2.05) is 23.6 Å². The fourth-order valence-electron chi connectivity index (χ4n) is 3.12. The summed E-state index contributed by atoms with van der Waals surface area (Å²) < 4.78 is 12.1. The highest BCUT2D eigenvalue weighted by Crippen LogP contribution is 2.34. The predicted octanol–water partition coefficient (Wildman–Crippen LogP) is 3.81. The quantitative estimate of drug-likeness (QED) is 0.325. The van der Waals surface area contributed by atoms with Crippen molar-refractivity contribution in [2.75, 3.05) is 24.3 Å². The Morgan fingerprint density at radius 3 is 2.50 bits per heavy atom. The Bertz CT molecular complexity index is 1180. The third-order valence-electron chi connectivity index (χ3n) is 4.63. The zero-order valence-corrected chi connectivity index (χ0v) is 20.9. The molecule has 0 fully saturated rings. The number of ether oxygens (including phenoxy) is 2. The second-order valence-electron chi connectivity index (χ2n) is 6.83. The predicted molar refractivity (Wildman–Crippen MR) is 129 cm³/mol. The third kappa shape index (κ3) is 5.62. The molecule has 0 aliphatic rings. The summed E-state index contributed by atoms with van der Waals surface area (Å²) in [6, 6.07) is 3.71. The number of rotatable bonds is 10. The lowest BCUT2D eigenvalue weighted by Gasteiger charge is -2.08. The van der Waals surface area contributed by atoms with Gasteiger partial charge in [-0.1, -0.05) is 11.8 Å². The van der Waals surface area contributed by atoms with E-state index in [0.717, 1.165) is 16.9 Å². The number of anilines is 1. The summed E-state index contributed by atoms with van der Waals surface area (Å²) in [4.78, 5) is 41.9. The molecular formula is C22H25N5O5S2. The highest BCUT2D eigenvalue weighted by atomic mass is 32.2. The van der Waals surface area contributed by atoms with Crippen molar-refractivity contribution in [2.24, 2.45) is 0 Å². The van der Waals surface area contributed by atoms with E-state index in [2.05, 4.69) is 20.5 Å². The molecule has 1 N–H and O–H groups in total. The average molecular weight is 504 g/mol. The maximum Gasteiger partial charge on any atom is 0.348 e. The fraction of sp³-hybridized carbons (Fsp3) is 0.364. The van der Waals surface area contributed by atoms with Crippen molar-refractivity contribution in [3.8, 4) is 11.4 Å². The van der Waals surface area contributed by atoms with E-state index in [9.17, 15) is 14.4 Å². The van der Waals surface area contributed by atoms with E-state index < -0.39 is 11.9 Å². The summed E-state index contributed by atoms with van der Waals surface area (Å²) in [7, 11) is 0. The number of nitrogens with one attached hydrogen (secondary N) is 1. The van der Waals surface area contributed by atoms with Gasteiger partial charge >= 0.3 is 11.9 Å². The van der Waals surface area contributed by atoms with E-state index in [-0.39, 0.29) is 40.3 Å². The van der Waals surface area contributed by atoms with Crippen molar-refractivity contribution < 1.29 is 23.9 Å². The van der Waals surface area contributed by atoms with Gasteiger partial charge in [-0.3, -0.25) is 9.78 Å². The Labute approximate surface area is 205 Å². The topological polar surface area (TPSA) is 125 Å². The largest absolute Gasteiger partial charge is 0.462 e. The van der Waals surface area contributed by atoms with Crippen LogP contribution in [0.3, 0.4) is 0 Å². The first-order valence-electron chi connectivity index (χ1n) is 10.6. The van der Waals surface area contributed by atoms with Crippen LogP contribution < -0.4 is 5.32 Å². The smallest absolute Gasteiger partial charge is 0.348 e. The first-order valence-corrected chi connectivity index (χ1v) is 12.4. The summed E-state index contributed by atoms with van der Waals surface area (Å²) in [5.74, 6) is -0.832. The number of hydrogen-bond acceptors (Lipinski definition) is 10. The van der Waals surface area contributed by atoms with Crippen LogP contribution in [-0.4, -0.2) is 56.6 Å². The van der Waals surface area contributed by atoms with Gasteiger partial charge in [-0.05, 0) is 45.4 Å². The van der Waals surface area contributed by atoms with Crippen LogP contribution in [0.5, 0.6) is 0 Å². The number of aromatic nitrogens is 4. The molecule has 3 rings (SSSR count). The SMILES string of the molecule is CCOC(=O)c1sc(NC(=O)CSc2nnc(-c3cccnc3)n2CC)c(C(=O)OCC)c1C. The maximum absolute atomic E-state index is 12.7. The van der Waals surface area contributed by atoms with Crippen molar-refractivity contribution in [3.05, 3.63) is 40.5 Å². The molecule has 0 aliphatic carbocycles. The molecule has 0 unspecified atom stereocenters. The molecule has 0 saturated heterocycles. The molecule has 180 valence electrons. The van der Waals surface area contributed by atoms with Crippen molar-refractivity contribution in [1.82, 2.24) is 19.7 Å². The van der Waals surface area contributed by atoms with Crippen LogP contribution in [0.25, 0.3) is 11.4 Å². The monoisotopic (exact) mass is 503 g/mol. The molecule has 0 aliphatic heterocycles. The van der Waals surface area contributed by atoms with Gasteiger partial charge in [-0.25, -0.2) is 9.59 Å². The first-order chi connectivity index (χ1) is 16.4. The lowest BCUT2D eigenvalue weighted by atomic mass is 10.1. The molecule has 1 amide bonds. The van der Waals surface area contributed by atoms with Crippen LogP contribution in [0.15, 0.2) is 29.7 Å². The van der Waals surface area contributed by atoms with Gasteiger partial charge in [0.1, 0.15) is 9.88 Å². The molecule has 0 radical (unpaired) electrons. The highest BCUT2D eigenvalue weighted by Gasteiger charge is 2.27. The Morgan fingerprint density at radius 1 is 1.12 bits per heavy atom. The number of amides is 1. The number of thiophene rings is 1. The minimum atomic E-state index is -0.610. The van der Waals surface area contributed by atoms with E-state index in [0.29, 0.717) is 23.1 Å². The van der Waals surface area contributed by atoms with Gasteiger partial charge in [0, 0.05) is 24.5 Å². The van der Waals surface area contributed by atoms with Crippen molar-refractivity contribution in [3.63, 3.8) is 0 Å². The van der Waals surface area contributed by atoms with Crippen LogP contribution in [-0.2, 0) is 20.8 Å². The van der Waals surface area contributed by atoms with E-state index in [1.165, 1.54) is 11.8 Å². The molecule has 12 heteroatoms. The van der Waals surface area contributed by atoms with Gasteiger partial charge in [0.05, 0.1) is 24.5 Å². The average Bonchev–Trinajstić information content (AvgIpc) is 3.39. The second kappa shape index (κ2) is 11.7. The summed E-state index contributed by atoms with van der Waals surface area (Å²) >= 11 is 2.21. The van der Waals surface area contributed by atoms with Gasteiger partial charge in [-0.15, -0.1) is 21.5 Å². The van der Waals surface area contributed by atoms with Gasteiger partial charge in [-0.2, -0.15) is 0 Å². The normalized spacial score (nSPS) is 10.7. The summed E-state index contributed by atoms with van der Waals surface area (Å²) in [6.45, 7) is 7.95. The first kappa shape index (κ1) is 25.4. The van der Waals surface area contributed by atoms with E-state index in [4.69, 9.17) is 9.47 Å². The van der Waals surface area contributed by atoms with Crippen LogP contribution in [0, 0.1) is 6.92 Å². The minimum Gasteiger partial charge on any atom is -0.462 e. The standard InChI is InChI=1S/C22H25N5O5S2/c1-5-27-18(14-9-8-10-23-11-14)25-26-22(27)33-12-15(28)24-19-16(20(29)31-6-2)13(4)17(34-19)21(30)32-7-3/h8-11H,5-7,12H2,1-4H3,(H,24,28). The van der Waals surface area contributed by atoms with Crippen LogP contribution >= 0.6 is 23.1 Å². The number of thioether (sulfide) groups is 1. The number of esters is 2. The number of nitrogens with zero attached hydrogens (tertiary/aromatic N) is 4. The number of hydrogen-bond donors (Lipinski definition) is 1. The minimum absolute atomic E-state index is 0.0269. The van der Waals surface area contributed by atoms with Crippen molar-refractivity contribution in [1.29, 1.82) is 0 Å². The number of carbonyl (C=O) groups is 3. The van der Waals surface area contributed by atoms with Crippen molar-refractivity contribution >= 4 is 45.9 Å². The molecule has 0 bridgehead atoms. The molecule has 3 aromatic rings. The maximum atomic E-state index is 12.7. The molecule has 0 atom stereocenters. The fourth-order valence-corrected chi connectivity index (χ4v) is 5.03. The Morgan fingerprint density at radius 2 is 1.85 bits per heavy atom. The van der Waals surface area contributed by atoms with Gasteiger partial charge < -0.3 is 19.4 Å². The molecule has 10 nitrogen and oxygen atoms in total. The molecule has 0 spiro atoms. The van der Waals surface area contributed by atoms with Gasteiger partial charge in [0.25, 0.3) is 0 Å². The summed E-state index contributed by atoms with van der Waals surface area (Å²) in [6.07, 6.45) is 3.38. The molecule has 0 saturated carbocycles. The lowest BCUT2D eigenvalue weighted by molar-refractivity contribution is -0.113. The third-order valence-corrected chi connectivity index (χ3v) is 6.78. The number of pyridine rings is 1. The Hall–Kier alpha value is -3.25. The summed E-state index contributed by atoms with van der Waals surface area (Å²) in [5, 5.41) is 12.0. The Kier molecular flexibility index (Phi) is 8.77. The van der Waals surface area contributed by atoms with Crippen LogP contribution in [0.2, 0.25) is 0 Å². The number of carbonyl (C=O) groups excluding carboxylic acids is 3. The zero-order chi connectivity index (χ0) is 24.7. The zero-order valence-electron chi connectivity index (χ0n) is 19.3. The van der Waals surface area contributed by atoms with Crippen molar-refractivity contribution in [2.45, 2.75) is 39.4 Å². The second-order valence-corrected chi connectivity index (χ2v) is 8.79. The van der Waals surface area contributed by atoms with Crippen LogP contribution in [0.1, 0.15) is 46.4 Å². The lowest BCUT2D eigenvalue weighted by Crippen LogP contribution is -2.17. The molecule has 34 heavy (non-hydrogen) atoms. The molecular weight excluding hydrogens is 478 g/mol. The molecule has 3 heterocycles. The van der Waals surface area contributed by atoms with Gasteiger partial charge in [0.2, 0.25) is 5.91 Å². The van der Waals surface area contributed by atoms with E-state index in [1.54, 1.807) is 33.2 Å². The highest BCUT2D eigenvalue weighted by molar-refractivity contribution is 7.99. The van der Waals surface area contributed by atoms with Crippen LogP contribution in [0.4, 0.5) is 5.00 Å². The molecule has 3 aromatic heterocycles. The molecule has 0 aromatic carbocycles. The van der Waals surface area contributed by atoms with E-state index >= 15 is 0 Å². The summed E-state index contributed by atoms with van der Waals surface area (Å²) in [5.41, 5.74) is 1.40. The Balaban J connectivity index is 1.77.